The highest BCUT2D eigenvalue weighted by Crippen LogP contribution is 2.55. The number of rotatable bonds is 3. The lowest BCUT2D eigenvalue weighted by molar-refractivity contribution is -0.173. The highest BCUT2D eigenvalue weighted by Gasteiger charge is 2.55. The summed E-state index contributed by atoms with van der Waals surface area (Å²) in [6, 6.07) is 0. The average Bonchev–Trinajstić information content (AvgIpc) is 2.42. The molecule has 2 fully saturated rings. The smallest absolute Gasteiger partial charge is 0.302 e. The first kappa shape index (κ1) is 16.5. The second-order valence-electron chi connectivity index (χ2n) is 7.13. The van der Waals surface area contributed by atoms with Crippen LogP contribution in [0.5, 0.6) is 0 Å². The first-order valence-electron chi connectivity index (χ1n) is 7.95. The standard InChI is InChI=1S/C17H28O4/c1-10-5-6-14(20)17(4)8-7-13(11(2)9-18)16(15(10)17)21-12(3)19/h11,13-16,18,20H,1,5-9H2,2-4H3/t11-,13+,14-,15-,16+,17+/m1/s1. The summed E-state index contributed by atoms with van der Waals surface area (Å²) >= 11 is 0. The third kappa shape index (κ3) is 2.88. The minimum Gasteiger partial charge on any atom is -0.462 e. The number of carbonyl (C=O) groups is 1. The van der Waals surface area contributed by atoms with Gasteiger partial charge in [-0.2, -0.15) is 0 Å². The molecular weight excluding hydrogens is 268 g/mol. The van der Waals surface area contributed by atoms with Crippen LogP contribution in [0.1, 0.15) is 46.5 Å². The van der Waals surface area contributed by atoms with Crippen molar-refractivity contribution in [3.63, 3.8) is 0 Å². The molecule has 0 heterocycles. The summed E-state index contributed by atoms with van der Waals surface area (Å²) in [6.07, 6.45) is 2.59. The van der Waals surface area contributed by atoms with E-state index in [4.69, 9.17) is 4.74 Å². The number of aliphatic hydroxyl groups is 2. The van der Waals surface area contributed by atoms with E-state index in [1.54, 1.807) is 0 Å². The maximum atomic E-state index is 11.6. The largest absolute Gasteiger partial charge is 0.462 e. The molecule has 4 nitrogen and oxygen atoms in total. The molecule has 2 aliphatic rings. The van der Waals surface area contributed by atoms with Crippen molar-refractivity contribution in [3.8, 4) is 0 Å². The van der Waals surface area contributed by atoms with Gasteiger partial charge in [-0.05, 0) is 31.6 Å². The summed E-state index contributed by atoms with van der Waals surface area (Å²) in [5.41, 5.74) is 0.796. The van der Waals surface area contributed by atoms with Gasteiger partial charge in [-0.1, -0.05) is 26.0 Å². The van der Waals surface area contributed by atoms with Crippen molar-refractivity contribution in [2.45, 2.75) is 58.7 Å². The average molecular weight is 296 g/mol. The summed E-state index contributed by atoms with van der Waals surface area (Å²) in [5.74, 6) is -0.116. The van der Waals surface area contributed by atoms with Crippen molar-refractivity contribution < 1.29 is 19.7 Å². The number of fused-ring (bicyclic) bond motifs is 1. The van der Waals surface area contributed by atoms with Crippen LogP contribution in [0.2, 0.25) is 0 Å². The molecule has 2 rings (SSSR count). The van der Waals surface area contributed by atoms with Gasteiger partial charge >= 0.3 is 5.97 Å². The van der Waals surface area contributed by atoms with Crippen molar-refractivity contribution in [3.05, 3.63) is 12.2 Å². The van der Waals surface area contributed by atoms with Crippen LogP contribution in [-0.2, 0) is 9.53 Å². The molecule has 2 saturated carbocycles. The monoisotopic (exact) mass is 296 g/mol. The van der Waals surface area contributed by atoms with Crippen molar-refractivity contribution in [1.82, 2.24) is 0 Å². The number of ether oxygens (including phenoxy) is 1. The Labute approximate surface area is 127 Å². The molecule has 0 radical (unpaired) electrons. The summed E-state index contributed by atoms with van der Waals surface area (Å²) < 4.78 is 5.66. The van der Waals surface area contributed by atoms with E-state index < -0.39 is 0 Å². The summed E-state index contributed by atoms with van der Waals surface area (Å²) in [5, 5.41) is 20.0. The molecule has 0 saturated heterocycles. The zero-order chi connectivity index (χ0) is 15.8. The van der Waals surface area contributed by atoms with Gasteiger partial charge in [0.2, 0.25) is 0 Å². The van der Waals surface area contributed by atoms with Crippen LogP contribution in [0.4, 0.5) is 0 Å². The molecule has 0 amide bonds. The Balaban J connectivity index is 2.36. The van der Waals surface area contributed by atoms with E-state index in [9.17, 15) is 15.0 Å². The lowest BCUT2D eigenvalue weighted by atomic mass is 9.53. The molecule has 0 spiro atoms. The van der Waals surface area contributed by atoms with Gasteiger partial charge in [0.15, 0.2) is 0 Å². The number of esters is 1. The van der Waals surface area contributed by atoms with E-state index >= 15 is 0 Å². The Hall–Kier alpha value is -0.870. The minimum absolute atomic E-state index is 0.0158. The second-order valence-corrected chi connectivity index (χ2v) is 7.13. The third-order valence-electron chi connectivity index (χ3n) is 5.74. The highest BCUT2D eigenvalue weighted by molar-refractivity contribution is 5.66. The minimum atomic E-state index is -0.378. The molecule has 21 heavy (non-hydrogen) atoms. The summed E-state index contributed by atoms with van der Waals surface area (Å²) in [6.45, 7) is 9.78. The van der Waals surface area contributed by atoms with Gasteiger partial charge in [0.25, 0.3) is 0 Å². The molecule has 6 atom stereocenters. The molecule has 0 bridgehead atoms. The van der Waals surface area contributed by atoms with Crippen LogP contribution < -0.4 is 0 Å². The van der Waals surface area contributed by atoms with Crippen molar-refractivity contribution in [2.24, 2.45) is 23.2 Å². The second kappa shape index (κ2) is 6.09. The maximum absolute atomic E-state index is 11.6. The summed E-state index contributed by atoms with van der Waals surface area (Å²) in [7, 11) is 0. The summed E-state index contributed by atoms with van der Waals surface area (Å²) in [4.78, 5) is 11.6. The Bertz CT molecular complexity index is 419. The normalized spacial score (nSPS) is 41.3. The molecular formula is C17H28O4. The van der Waals surface area contributed by atoms with Gasteiger partial charge in [0.05, 0.1) is 6.10 Å². The SMILES string of the molecule is C=C1CC[C@@H](O)[C@]2(C)CC[C@@H]([C@H](C)CO)[C@H](OC(C)=O)[C@@H]12. The van der Waals surface area contributed by atoms with Crippen LogP contribution in [0.15, 0.2) is 12.2 Å². The fraction of sp³-hybridized carbons (Fsp3) is 0.824. The molecule has 4 heteroatoms. The Kier molecular flexibility index (Phi) is 4.79. The fourth-order valence-corrected chi connectivity index (χ4v) is 4.39. The van der Waals surface area contributed by atoms with Gasteiger partial charge in [-0.25, -0.2) is 0 Å². The van der Waals surface area contributed by atoms with E-state index in [2.05, 4.69) is 13.5 Å². The van der Waals surface area contributed by atoms with Crippen LogP contribution in [0, 0.1) is 23.2 Å². The molecule has 0 aromatic rings. The molecule has 0 aromatic carbocycles. The Morgan fingerprint density at radius 2 is 2.19 bits per heavy atom. The zero-order valence-electron chi connectivity index (χ0n) is 13.3. The molecule has 0 aromatic heterocycles. The van der Waals surface area contributed by atoms with Gasteiger partial charge < -0.3 is 14.9 Å². The van der Waals surface area contributed by atoms with E-state index in [0.717, 1.165) is 31.3 Å². The first-order valence-corrected chi connectivity index (χ1v) is 7.95. The van der Waals surface area contributed by atoms with Crippen LogP contribution in [0.3, 0.4) is 0 Å². The van der Waals surface area contributed by atoms with Crippen molar-refractivity contribution in [2.75, 3.05) is 6.61 Å². The predicted molar refractivity (Wildman–Crippen MR) is 80.5 cm³/mol. The quantitative estimate of drug-likeness (QED) is 0.619. The van der Waals surface area contributed by atoms with Crippen LogP contribution >= 0.6 is 0 Å². The molecule has 0 aliphatic heterocycles. The Morgan fingerprint density at radius 1 is 1.52 bits per heavy atom. The number of hydrogen-bond acceptors (Lipinski definition) is 4. The van der Waals surface area contributed by atoms with Crippen molar-refractivity contribution in [1.29, 1.82) is 0 Å². The lowest BCUT2D eigenvalue weighted by Crippen LogP contribution is -2.56. The van der Waals surface area contributed by atoms with E-state index in [0.29, 0.717) is 0 Å². The van der Waals surface area contributed by atoms with E-state index in [1.807, 2.05) is 6.92 Å². The topological polar surface area (TPSA) is 66.8 Å². The van der Waals surface area contributed by atoms with Crippen LogP contribution in [0.25, 0.3) is 0 Å². The van der Waals surface area contributed by atoms with E-state index in [1.165, 1.54) is 6.92 Å². The molecule has 2 aliphatic carbocycles. The highest BCUT2D eigenvalue weighted by atomic mass is 16.5. The van der Waals surface area contributed by atoms with Gasteiger partial charge in [0.1, 0.15) is 6.10 Å². The Morgan fingerprint density at radius 3 is 2.76 bits per heavy atom. The van der Waals surface area contributed by atoms with E-state index in [-0.39, 0.29) is 48.0 Å². The lowest BCUT2D eigenvalue weighted by Gasteiger charge is -2.55. The fourth-order valence-electron chi connectivity index (χ4n) is 4.39. The predicted octanol–water partition coefficient (Wildman–Crippen LogP) is 2.29. The molecule has 2 N–H and O–H groups in total. The van der Waals surface area contributed by atoms with Gasteiger partial charge in [0, 0.05) is 30.8 Å². The number of aliphatic hydroxyl groups excluding tert-OH is 2. The van der Waals surface area contributed by atoms with Gasteiger partial charge in [-0.15, -0.1) is 0 Å². The molecule has 120 valence electrons. The number of carbonyl (C=O) groups excluding carboxylic acids is 1. The van der Waals surface area contributed by atoms with Gasteiger partial charge in [-0.3, -0.25) is 4.79 Å². The van der Waals surface area contributed by atoms with Crippen LogP contribution in [-0.4, -0.2) is 35.0 Å². The molecule has 0 unspecified atom stereocenters. The van der Waals surface area contributed by atoms with Crippen molar-refractivity contribution >= 4 is 5.97 Å². The maximum Gasteiger partial charge on any atom is 0.302 e. The number of hydrogen-bond donors (Lipinski definition) is 2. The first-order chi connectivity index (χ1) is 9.81. The third-order valence-corrected chi connectivity index (χ3v) is 5.74. The zero-order valence-corrected chi connectivity index (χ0v) is 13.3.